The molecular weight excluding hydrogens is 126 g/mol. The van der Waals surface area contributed by atoms with Gasteiger partial charge in [-0.05, 0) is 13.8 Å². The lowest BCUT2D eigenvalue weighted by atomic mass is 10.2. The third-order valence-corrected chi connectivity index (χ3v) is 1.55. The normalized spacial score (nSPS) is 18.2. The van der Waals surface area contributed by atoms with Crippen LogP contribution in [-0.4, -0.2) is 23.1 Å². The first-order valence-electron chi connectivity index (χ1n) is 3.27. The molecule has 10 heavy (non-hydrogen) atoms. The summed E-state index contributed by atoms with van der Waals surface area (Å²) in [6.07, 6.45) is 0. The number of hydrogen-bond donors (Lipinski definition) is 1. The van der Waals surface area contributed by atoms with Gasteiger partial charge in [-0.2, -0.15) is 5.10 Å². The first-order valence-corrected chi connectivity index (χ1v) is 3.27. The zero-order valence-electron chi connectivity index (χ0n) is 6.31. The average Bonchev–Trinajstić information content (AvgIpc) is 2.17. The molecule has 1 N–H and O–H groups in total. The Labute approximate surface area is 60.5 Å². The minimum atomic E-state index is 0.431. The average molecular weight is 137 g/mol. The summed E-state index contributed by atoms with van der Waals surface area (Å²) in [5.74, 6) is 0.431. The largest absolute Gasteiger partial charge is 0.283 e. The van der Waals surface area contributed by atoms with Crippen molar-refractivity contribution < 1.29 is 0 Å². The highest BCUT2D eigenvalue weighted by Crippen LogP contribution is 2.11. The molecular formula is C7H11N3. The van der Waals surface area contributed by atoms with Gasteiger partial charge in [-0.25, -0.2) is 5.01 Å². The second-order valence-corrected chi connectivity index (χ2v) is 2.23. The molecule has 0 aliphatic carbocycles. The van der Waals surface area contributed by atoms with Crippen molar-refractivity contribution in [2.24, 2.45) is 5.10 Å². The van der Waals surface area contributed by atoms with Crippen LogP contribution in [-0.2, 0) is 0 Å². The first kappa shape index (κ1) is 6.99. The van der Waals surface area contributed by atoms with Gasteiger partial charge in [0, 0.05) is 12.1 Å². The quantitative estimate of drug-likeness (QED) is 0.580. The van der Waals surface area contributed by atoms with E-state index >= 15 is 0 Å². The molecule has 0 unspecified atom stereocenters. The lowest BCUT2D eigenvalue weighted by Gasteiger charge is -2.08. The van der Waals surface area contributed by atoms with Crippen LogP contribution in [0.5, 0.6) is 0 Å². The zero-order chi connectivity index (χ0) is 7.72. The van der Waals surface area contributed by atoms with Crippen molar-refractivity contribution in [3.05, 3.63) is 12.2 Å². The number of nitrogens with zero attached hydrogens (tertiary/aromatic N) is 2. The van der Waals surface area contributed by atoms with Gasteiger partial charge in [0.15, 0.2) is 0 Å². The van der Waals surface area contributed by atoms with Crippen molar-refractivity contribution in [3.63, 3.8) is 0 Å². The van der Waals surface area contributed by atoms with Crippen molar-refractivity contribution >= 4 is 11.5 Å². The lowest BCUT2D eigenvalue weighted by molar-refractivity contribution is 0.480. The van der Waals surface area contributed by atoms with Gasteiger partial charge >= 0.3 is 0 Å². The zero-order valence-corrected chi connectivity index (χ0v) is 6.31. The highest BCUT2D eigenvalue weighted by atomic mass is 15.5. The summed E-state index contributed by atoms with van der Waals surface area (Å²) in [6, 6.07) is 0. The summed E-state index contributed by atoms with van der Waals surface area (Å²) < 4.78 is 0. The maximum absolute atomic E-state index is 7.45. The molecule has 0 aromatic carbocycles. The third kappa shape index (κ3) is 0.835. The highest BCUT2D eigenvalue weighted by molar-refractivity contribution is 6.24. The second-order valence-electron chi connectivity index (χ2n) is 2.23. The Morgan fingerprint density at radius 1 is 1.70 bits per heavy atom. The number of likely N-dealkylation sites (N-methyl/N-ethyl adjacent to an activating group) is 1. The van der Waals surface area contributed by atoms with Gasteiger partial charge in [0.1, 0.15) is 5.84 Å². The molecule has 1 aliphatic heterocycles. The van der Waals surface area contributed by atoms with Gasteiger partial charge in [0.25, 0.3) is 0 Å². The highest BCUT2D eigenvalue weighted by Gasteiger charge is 2.19. The van der Waals surface area contributed by atoms with E-state index in [1.54, 1.807) is 5.01 Å². The number of amidine groups is 1. The Kier molecular flexibility index (Phi) is 1.57. The van der Waals surface area contributed by atoms with Crippen LogP contribution < -0.4 is 0 Å². The molecule has 1 rings (SSSR count). The molecule has 0 atom stereocenters. The minimum absolute atomic E-state index is 0.431. The molecule has 0 aromatic heterocycles. The molecule has 54 valence electrons. The summed E-state index contributed by atoms with van der Waals surface area (Å²) in [5.41, 5.74) is 1.59. The van der Waals surface area contributed by atoms with Crippen molar-refractivity contribution in [2.45, 2.75) is 13.8 Å². The number of hydrogen-bond acceptors (Lipinski definition) is 2. The van der Waals surface area contributed by atoms with Crippen LogP contribution >= 0.6 is 0 Å². The summed E-state index contributed by atoms with van der Waals surface area (Å²) in [4.78, 5) is 0. The van der Waals surface area contributed by atoms with Crippen LogP contribution in [0.25, 0.3) is 0 Å². The molecule has 0 fully saturated rings. The van der Waals surface area contributed by atoms with Crippen LogP contribution in [0.3, 0.4) is 0 Å². The van der Waals surface area contributed by atoms with E-state index in [-0.39, 0.29) is 0 Å². The lowest BCUT2D eigenvalue weighted by Crippen LogP contribution is -2.20. The number of nitrogens with one attached hydrogen (secondary N) is 1. The smallest absolute Gasteiger partial charge is 0.149 e. The van der Waals surface area contributed by atoms with E-state index in [4.69, 9.17) is 5.41 Å². The maximum Gasteiger partial charge on any atom is 0.149 e. The fourth-order valence-corrected chi connectivity index (χ4v) is 0.847. The molecule has 0 bridgehead atoms. The van der Waals surface area contributed by atoms with Crippen molar-refractivity contribution in [3.8, 4) is 0 Å². The Balaban J connectivity index is 2.86. The number of rotatable bonds is 1. The molecule has 0 amide bonds. The SMILES string of the molecule is C=C1C(=N)N(CC)N=C1C. The van der Waals surface area contributed by atoms with Crippen molar-refractivity contribution in [1.29, 1.82) is 5.41 Å². The van der Waals surface area contributed by atoms with Gasteiger partial charge in [-0.3, -0.25) is 5.41 Å². The molecule has 0 radical (unpaired) electrons. The van der Waals surface area contributed by atoms with Crippen LogP contribution in [0.2, 0.25) is 0 Å². The van der Waals surface area contributed by atoms with E-state index in [2.05, 4.69) is 11.7 Å². The Hall–Kier alpha value is -1.12. The fraction of sp³-hybridized carbons (Fsp3) is 0.429. The van der Waals surface area contributed by atoms with E-state index in [1.807, 2.05) is 13.8 Å². The number of hydrazone groups is 1. The van der Waals surface area contributed by atoms with E-state index in [9.17, 15) is 0 Å². The second kappa shape index (κ2) is 2.25. The molecule has 0 saturated carbocycles. The summed E-state index contributed by atoms with van der Waals surface area (Å²) in [7, 11) is 0. The van der Waals surface area contributed by atoms with Gasteiger partial charge in [-0.15, -0.1) is 0 Å². The van der Waals surface area contributed by atoms with Crippen LogP contribution in [0.1, 0.15) is 13.8 Å². The molecule has 0 saturated heterocycles. The van der Waals surface area contributed by atoms with Gasteiger partial charge in [0.2, 0.25) is 0 Å². The fourth-order valence-electron chi connectivity index (χ4n) is 0.847. The molecule has 0 spiro atoms. The standard InChI is InChI=1S/C7H11N3/c1-4-10-7(8)5(2)6(3)9-10/h8H,2,4H2,1,3H3. The van der Waals surface area contributed by atoms with Gasteiger partial charge in [-0.1, -0.05) is 6.58 Å². The van der Waals surface area contributed by atoms with Crippen LogP contribution in [0.4, 0.5) is 0 Å². The molecule has 3 nitrogen and oxygen atoms in total. The van der Waals surface area contributed by atoms with Gasteiger partial charge in [0.05, 0.1) is 5.71 Å². The van der Waals surface area contributed by atoms with E-state index in [0.29, 0.717) is 5.84 Å². The van der Waals surface area contributed by atoms with Crippen molar-refractivity contribution in [1.82, 2.24) is 5.01 Å². The maximum atomic E-state index is 7.45. The predicted octanol–water partition coefficient (Wildman–Crippen LogP) is 1.23. The summed E-state index contributed by atoms with van der Waals surface area (Å²) >= 11 is 0. The third-order valence-electron chi connectivity index (χ3n) is 1.55. The minimum Gasteiger partial charge on any atom is -0.283 e. The summed E-state index contributed by atoms with van der Waals surface area (Å²) in [5, 5.41) is 13.2. The van der Waals surface area contributed by atoms with Crippen LogP contribution in [0.15, 0.2) is 17.3 Å². The van der Waals surface area contributed by atoms with E-state index in [0.717, 1.165) is 17.8 Å². The topological polar surface area (TPSA) is 39.5 Å². The monoisotopic (exact) mass is 137 g/mol. The Morgan fingerprint density at radius 2 is 2.30 bits per heavy atom. The molecule has 3 heteroatoms. The van der Waals surface area contributed by atoms with E-state index in [1.165, 1.54) is 0 Å². The van der Waals surface area contributed by atoms with Crippen LogP contribution in [0, 0.1) is 5.41 Å². The summed E-state index contributed by atoms with van der Waals surface area (Å²) in [6.45, 7) is 8.29. The Morgan fingerprint density at radius 3 is 2.50 bits per heavy atom. The molecule has 1 aliphatic rings. The molecule has 1 heterocycles. The first-order chi connectivity index (χ1) is 4.66. The Bertz CT molecular complexity index is 215. The predicted molar refractivity (Wildman–Crippen MR) is 42.4 cm³/mol. The van der Waals surface area contributed by atoms with Gasteiger partial charge < -0.3 is 0 Å². The van der Waals surface area contributed by atoms with E-state index < -0.39 is 0 Å². The van der Waals surface area contributed by atoms with Crippen molar-refractivity contribution in [2.75, 3.05) is 6.54 Å². The molecule has 0 aromatic rings.